The van der Waals surface area contributed by atoms with E-state index in [-0.39, 0.29) is 5.97 Å². The minimum absolute atomic E-state index is 0.329. The quantitative estimate of drug-likeness (QED) is 0.276. The van der Waals surface area contributed by atoms with Crippen molar-refractivity contribution >= 4 is 24.0 Å². The summed E-state index contributed by atoms with van der Waals surface area (Å²) in [5.41, 5.74) is 1.14. The number of carbonyl (C=O) groups is 3. The van der Waals surface area contributed by atoms with Crippen molar-refractivity contribution < 1.29 is 23.9 Å². The summed E-state index contributed by atoms with van der Waals surface area (Å²) in [6.45, 7) is 4.48. The maximum atomic E-state index is 9.92. The van der Waals surface area contributed by atoms with Gasteiger partial charge < -0.3 is 9.47 Å². The van der Waals surface area contributed by atoms with E-state index in [4.69, 9.17) is 5.26 Å². The van der Waals surface area contributed by atoms with Gasteiger partial charge in [-0.3, -0.25) is 4.79 Å². The number of allylic oxidation sites excluding steroid dienone is 3. The van der Waals surface area contributed by atoms with E-state index in [0.29, 0.717) is 0 Å². The zero-order valence-corrected chi connectivity index (χ0v) is 13.6. The van der Waals surface area contributed by atoms with E-state index in [0.717, 1.165) is 24.0 Å². The molecule has 0 fully saturated rings. The summed E-state index contributed by atoms with van der Waals surface area (Å²) in [4.78, 5) is 29.6. The Kier molecular flexibility index (Phi) is 11.8. The maximum Gasteiger partial charge on any atom is 0.338 e. The summed E-state index contributed by atoms with van der Waals surface area (Å²) in [5, 5.41) is 8.19. The van der Waals surface area contributed by atoms with Crippen LogP contribution in [0.15, 0.2) is 73.6 Å². The molecule has 0 amide bonds. The second-order valence-electron chi connectivity index (χ2n) is 4.11. The number of nitrogens with zero attached hydrogens (tertiary/aromatic N) is 1. The van der Waals surface area contributed by atoms with Gasteiger partial charge in [0.2, 0.25) is 0 Å². The highest BCUT2D eigenvalue weighted by molar-refractivity contribution is 6.04. The van der Waals surface area contributed by atoms with Crippen LogP contribution in [0.1, 0.15) is 12.5 Å². The van der Waals surface area contributed by atoms with Gasteiger partial charge in [-0.2, -0.15) is 5.26 Å². The van der Waals surface area contributed by atoms with Gasteiger partial charge >= 0.3 is 17.9 Å². The number of carbonyl (C=O) groups excluding carboxylic acids is 3. The molecule has 2 rings (SSSR count). The fourth-order valence-electron chi connectivity index (χ4n) is 1.25. The molecule has 1 aromatic carbocycles. The van der Waals surface area contributed by atoms with E-state index >= 15 is 0 Å². The molecule has 0 radical (unpaired) electrons. The predicted molar refractivity (Wildman–Crippen MR) is 92.4 cm³/mol. The normalized spacial score (nSPS) is 11.7. The summed E-state index contributed by atoms with van der Waals surface area (Å²) < 4.78 is 8.14. The van der Waals surface area contributed by atoms with Crippen LogP contribution in [0, 0.1) is 11.3 Å². The average molecular weight is 339 g/mol. The summed E-state index contributed by atoms with van der Waals surface area (Å²) in [7, 11) is 0. The van der Waals surface area contributed by atoms with E-state index in [1.54, 1.807) is 6.08 Å². The van der Waals surface area contributed by atoms with Crippen molar-refractivity contribution in [3.05, 3.63) is 79.1 Å². The first-order valence-electron chi connectivity index (χ1n) is 6.99. The summed E-state index contributed by atoms with van der Waals surface area (Å²) >= 11 is 0. The van der Waals surface area contributed by atoms with Gasteiger partial charge in [0, 0.05) is 25.2 Å². The van der Waals surface area contributed by atoms with E-state index in [1.807, 2.05) is 48.6 Å². The van der Waals surface area contributed by atoms with E-state index < -0.39 is 11.9 Å². The molecule has 1 aromatic rings. The number of benzene rings is 1. The third kappa shape index (κ3) is 13.7. The molecule has 0 saturated heterocycles. The van der Waals surface area contributed by atoms with Crippen molar-refractivity contribution in [3.8, 4) is 6.07 Å². The first-order valence-corrected chi connectivity index (χ1v) is 6.99. The van der Waals surface area contributed by atoms with Crippen LogP contribution >= 0.6 is 0 Å². The zero-order chi connectivity index (χ0) is 18.9. The molecule has 6 heteroatoms. The summed E-state index contributed by atoms with van der Waals surface area (Å²) in [6.07, 6.45) is 10.2. The highest BCUT2D eigenvalue weighted by atomic mass is 16.6. The SMILES string of the molecule is C=COC(C)=O.N#CC=CC=Cc1ccccc1.O=C1C=CC(=O)O1. The molecule has 0 spiro atoms. The molecule has 1 heterocycles. The van der Waals surface area contributed by atoms with Gasteiger partial charge in [0.25, 0.3) is 0 Å². The van der Waals surface area contributed by atoms with Crippen LogP contribution in [-0.2, 0) is 23.9 Å². The molecule has 0 N–H and O–H groups in total. The molecule has 0 atom stereocenters. The van der Waals surface area contributed by atoms with Crippen molar-refractivity contribution in [2.45, 2.75) is 6.92 Å². The zero-order valence-electron chi connectivity index (χ0n) is 13.6. The first kappa shape index (κ1) is 21.3. The molecule has 0 bridgehead atoms. The Morgan fingerprint density at radius 2 is 1.76 bits per heavy atom. The Bertz CT molecular complexity index is 693. The molecule has 0 aromatic heterocycles. The van der Waals surface area contributed by atoms with E-state index in [1.165, 1.54) is 13.0 Å². The second kappa shape index (κ2) is 13.9. The molecule has 1 aliphatic rings. The topological polar surface area (TPSA) is 93.5 Å². The van der Waals surface area contributed by atoms with Gasteiger partial charge in [-0.05, 0) is 5.56 Å². The molecule has 0 unspecified atom stereocenters. The van der Waals surface area contributed by atoms with Crippen LogP contribution in [0.2, 0.25) is 0 Å². The van der Waals surface area contributed by atoms with Crippen LogP contribution in [0.3, 0.4) is 0 Å². The molecule has 128 valence electrons. The lowest BCUT2D eigenvalue weighted by molar-refractivity contribution is -0.150. The third-order valence-electron chi connectivity index (χ3n) is 2.18. The third-order valence-corrected chi connectivity index (χ3v) is 2.18. The summed E-state index contributed by atoms with van der Waals surface area (Å²) in [5.74, 6) is -1.49. The number of hydrogen-bond acceptors (Lipinski definition) is 6. The van der Waals surface area contributed by atoms with Crippen LogP contribution < -0.4 is 0 Å². The lowest BCUT2D eigenvalue weighted by Gasteiger charge is -1.87. The molecular formula is C19H17NO5. The second-order valence-corrected chi connectivity index (χ2v) is 4.11. The number of ether oxygens (including phenoxy) is 2. The van der Waals surface area contributed by atoms with E-state index in [9.17, 15) is 14.4 Å². The fourth-order valence-corrected chi connectivity index (χ4v) is 1.25. The monoisotopic (exact) mass is 339 g/mol. The minimum atomic E-state index is -0.579. The minimum Gasteiger partial charge on any atom is -0.435 e. The van der Waals surface area contributed by atoms with Crippen molar-refractivity contribution in [1.29, 1.82) is 5.26 Å². The van der Waals surface area contributed by atoms with Crippen molar-refractivity contribution in [1.82, 2.24) is 0 Å². The van der Waals surface area contributed by atoms with Gasteiger partial charge in [0.15, 0.2) is 0 Å². The highest BCUT2D eigenvalue weighted by Crippen LogP contribution is 2.00. The van der Waals surface area contributed by atoms with Gasteiger partial charge in [-0.25, -0.2) is 9.59 Å². The summed E-state index contributed by atoms with van der Waals surface area (Å²) in [6, 6.07) is 11.9. The Hall–Kier alpha value is -3.72. The van der Waals surface area contributed by atoms with Crippen LogP contribution in [0.25, 0.3) is 6.08 Å². The van der Waals surface area contributed by atoms with Gasteiger partial charge in [0.1, 0.15) is 0 Å². The van der Waals surface area contributed by atoms with Crippen LogP contribution in [-0.4, -0.2) is 17.9 Å². The predicted octanol–water partition coefficient (Wildman–Crippen LogP) is 3.10. The largest absolute Gasteiger partial charge is 0.435 e. The fraction of sp³-hybridized carbons (Fsp3) is 0.0526. The van der Waals surface area contributed by atoms with Gasteiger partial charge in [-0.15, -0.1) is 0 Å². The van der Waals surface area contributed by atoms with Gasteiger partial charge in [0.05, 0.1) is 12.3 Å². The van der Waals surface area contributed by atoms with Crippen molar-refractivity contribution in [2.24, 2.45) is 0 Å². The number of nitriles is 1. The van der Waals surface area contributed by atoms with Crippen molar-refractivity contribution in [2.75, 3.05) is 0 Å². The Balaban J connectivity index is 0.000000378. The number of hydrogen-bond donors (Lipinski definition) is 0. The lowest BCUT2D eigenvalue weighted by atomic mass is 10.2. The van der Waals surface area contributed by atoms with Crippen LogP contribution in [0.5, 0.6) is 0 Å². The molecule has 0 saturated carbocycles. The number of esters is 3. The molecule has 1 aliphatic heterocycles. The van der Waals surface area contributed by atoms with Crippen molar-refractivity contribution in [3.63, 3.8) is 0 Å². The number of rotatable bonds is 3. The molecule has 0 aliphatic carbocycles. The van der Waals surface area contributed by atoms with E-state index in [2.05, 4.69) is 16.1 Å². The number of cyclic esters (lactones) is 2. The molecule has 25 heavy (non-hydrogen) atoms. The Morgan fingerprint density at radius 3 is 2.12 bits per heavy atom. The molecule has 6 nitrogen and oxygen atoms in total. The maximum absolute atomic E-state index is 9.92. The average Bonchev–Trinajstić information content (AvgIpc) is 2.97. The Morgan fingerprint density at radius 1 is 1.16 bits per heavy atom. The first-order chi connectivity index (χ1) is 12.0. The smallest absolute Gasteiger partial charge is 0.338 e. The molecular weight excluding hydrogens is 322 g/mol. The van der Waals surface area contributed by atoms with Crippen LogP contribution in [0.4, 0.5) is 0 Å². The van der Waals surface area contributed by atoms with Gasteiger partial charge in [-0.1, -0.05) is 55.1 Å². The Labute approximate surface area is 146 Å². The highest BCUT2D eigenvalue weighted by Gasteiger charge is 2.10. The standard InChI is InChI=1S/C11H9N.C4H2O3.C4H6O2/c12-10-6-2-5-9-11-7-3-1-4-8-11;5-3-1-2-4(6)7-3;1-3-6-4(2)5/h1-9H;1-2H;3H,1H2,2H3. The lowest BCUT2D eigenvalue weighted by Crippen LogP contribution is -1.96.